The van der Waals surface area contributed by atoms with Crippen molar-refractivity contribution >= 4 is 17.4 Å². The molecule has 0 radical (unpaired) electrons. The highest BCUT2D eigenvalue weighted by Gasteiger charge is 2.35. The molecule has 1 saturated heterocycles. The quantitative estimate of drug-likeness (QED) is 0.800. The number of carbonyl (C=O) groups excluding carboxylic acids is 2. The number of hydrogen-bond acceptors (Lipinski definition) is 3. The zero-order chi connectivity index (χ0) is 15.0. The smallest absolute Gasteiger partial charge is 0.299 e. The summed E-state index contributed by atoms with van der Waals surface area (Å²) in [5.74, 6) is 0.0712. The summed E-state index contributed by atoms with van der Waals surface area (Å²) >= 11 is 0. The van der Waals surface area contributed by atoms with Crippen LogP contribution in [0.2, 0.25) is 0 Å². The lowest BCUT2D eigenvalue weighted by Gasteiger charge is -2.31. The van der Waals surface area contributed by atoms with E-state index in [1.807, 2.05) is 25.1 Å². The lowest BCUT2D eigenvalue weighted by molar-refractivity contribution is -0.114. The van der Waals surface area contributed by atoms with E-state index in [9.17, 15) is 9.59 Å². The molecule has 0 aromatic heterocycles. The second kappa shape index (κ2) is 5.60. The monoisotopic (exact) mass is 286 g/mol. The van der Waals surface area contributed by atoms with Gasteiger partial charge in [-0.15, -0.1) is 0 Å². The van der Waals surface area contributed by atoms with Crippen LogP contribution in [0.4, 0.5) is 5.69 Å². The average molecular weight is 286 g/mol. The Kier molecular flexibility index (Phi) is 3.81. The van der Waals surface area contributed by atoms with Gasteiger partial charge < -0.3 is 9.80 Å². The van der Waals surface area contributed by atoms with E-state index >= 15 is 0 Å². The van der Waals surface area contributed by atoms with E-state index < -0.39 is 0 Å². The maximum absolute atomic E-state index is 12.2. The third-order valence-electron chi connectivity index (χ3n) is 4.64. The van der Waals surface area contributed by atoms with Crippen molar-refractivity contribution in [3.8, 4) is 0 Å². The van der Waals surface area contributed by atoms with Gasteiger partial charge in [-0.05, 0) is 50.9 Å². The molecule has 4 nitrogen and oxygen atoms in total. The molecule has 0 bridgehead atoms. The van der Waals surface area contributed by atoms with Crippen LogP contribution in [-0.2, 0) is 4.79 Å². The van der Waals surface area contributed by atoms with Crippen molar-refractivity contribution in [3.63, 3.8) is 0 Å². The first kappa shape index (κ1) is 14.3. The third-order valence-corrected chi connectivity index (χ3v) is 4.64. The summed E-state index contributed by atoms with van der Waals surface area (Å²) in [7, 11) is 0. The summed E-state index contributed by atoms with van der Waals surface area (Å²) in [6.07, 6.45) is 2.45. The second-order valence-electron chi connectivity index (χ2n) is 6.33. The molecule has 1 amide bonds. The van der Waals surface area contributed by atoms with Crippen molar-refractivity contribution in [1.29, 1.82) is 0 Å². The average Bonchev–Trinajstić information content (AvgIpc) is 2.71. The number of rotatable bonds is 3. The van der Waals surface area contributed by atoms with Gasteiger partial charge in [-0.3, -0.25) is 9.59 Å². The van der Waals surface area contributed by atoms with Crippen LogP contribution < -0.4 is 4.90 Å². The molecule has 0 atom stereocenters. The third kappa shape index (κ3) is 2.72. The molecule has 1 aromatic carbocycles. The Morgan fingerprint density at radius 2 is 1.86 bits per heavy atom. The van der Waals surface area contributed by atoms with Gasteiger partial charge in [0.15, 0.2) is 0 Å². The van der Waals surface area contributed by atoms with Crippen molar-refractivity contribution in [2.24, 2.45) is 5.92 Å². The van der Waals surface area contributed by atoms with E-state index in [1.165, 1.54) is 12.8 Å². The predicted octanol–water partition coefficient (Wildman–Crippen LogP) is 2.26. The number of amides is 1. The van der Waals surface area contributed by atoms with Crippen LogP contribution in [0, 0.1) is 12.8 Å². The number of piperidine rings is 1. The summed E-state index contributed by atoms with van der Waals surface area (Å²) < 4.78 is 0. The number of carbonyl (C=O) groups is 2. The van der Waals surface area contributed by atoms with Crippen LogP contribution >= 0.6 is 0 Å². The van der Waals surface area contributed by atoms with Gasteiger partial charge in [0, 0.05) is 13.1 Å². The number of fused-ring (bicyclic) bond motifs is 1. The Bertz CT molecular complexity index is 574. The first-order valence-corrected chi connectivity index (χ1v) is 7.75. The summed E-state index contributed by atoms with van der Waals surface area (Å²) in [5, 5.41) is 0. The fourth-order valence-electron chi connectivity index (χ4n) is 3.16. The van der Waals surface area contributed by atoms with E-state index in [-0.39, 0.29) is 11.7 Å². The van der Waals surface area contributed by atoms with Gasteiger partial charge in [0.2, 0.25) is 0 Å². The van der Waals surface area contributed by atoms with E-state index in [2.05, 4.69) is 11.8 Å². The minimum Gasteiger partial charge on any atom is -0.303 e. The minimum absolute atomic E-state index is 0.360. The number of aryl methyl sites for hydroxylation is 1. The predicted molar refractivity (Wildman–Crippen MR) is 82.7 cm³/mol. The molecule has 2 aliphatic rings. The maximum Gasteiger partial charge on any atom is 0.299 e. The van der Waals surface area contributed by atoms with Gasteiger partial charge in [-0.25, -0.2) is 0 Å². The normalized spacial score (nSPS) is 20.2. The number of anilines is 1. The Morgan fingerprint density at radius 3 is 2.57 bits per heavy atom. The number of hydrogen-bond donors (Lipinski definition) is 0. The van der Waals surface area contributed by atoms with Crippen LogP contribution in [0.15, 0.2) is 18.2 Å². The van der Waals surface area contributed by atoms with Gasteiger partial charge in [-0.1, -0.05) is 18.6 Å². The zero-order valence-electron chi connectivity index (χ0n) is 12.8. The van der Waals surface area contributed by atoms with E-state index in [4.69, 9.17) is 0 Å². The largest absolute Gasteiger partial charge is 0.303 e. The number of nitrogens with zero attached hydrogens (tertiary/aromatic N) is 2. The maximum atomic E-state index is 12.2. The van der Waals surface area contributed by atoms with Gasteiger partial charge in [0.05, 0.1) is 11.3 Å². The van der Waals surface area contributed by atoms with Gasteiger partial charge in [-0.2, -0.15) is 0 Å². The molecule has 1 aromatic rings. The van der Waals surface area contributed by atoms with Crippen LogP contribution in [0.1, 0.15) is 35.7 Å². The lowest BCUT2D eigenvalue weighted by Crippen LogP contribution is -2.41. The second-order valence-corrected chi connectivity index (χ2v) is 6.33. The summed E-state index contributed by atoms with van der Waals surface area (Å²) in [6.45, 7) is 7.87. The van der Waals surface area contributed by atoms with Crippen molar-refractivity contribution in [2.75, 3.05) is 31.1 Å². The molecule has 0 aliphatic carbocycles. The van der Waals surface area contributed by atoms with Gasteiger partial charge in [0.25, 0.3) is 11.7 Å². The topological polar surface area (TPSA) is 40.6 Å². The summed E-state index contributed by atoms with van der Waals surface area (Å²) in [6, 6.07) is 5.67. The van der Waals surface area contributed by atoms with Crippen molar-refractivity contribution in [2.45, 2.75) is 26.7 Å². The van der Waals surface area contributed by atoms with Crippen molar-refractivity contribution < 1.29 is 9.59 Å². The molecular weight excluding hydrogens is 264 g/mol. The molecule has 4 heteroatoms. The molecule has 1 fully saturated rings. The van der Waals surface area contributed by atoms with Crippen molar-refractivity contribution in [3.05, 3.63) is 29.3 Å². The Balaban J connectivity index is 1.69. The van der Waals surface area contributed by atoms with Crippen molar-refractivity contribution in [1.82, 2.24) is 4.90 Å². The molecule has 2 aliphatic heterocycles. The molecule has 0 unspecified atom stereocenters. The van der Waals surface area contributed by atoms with E-state index in [1.54, 1.807) is 4.90 Å². The van der Waals surface area contributed by atoms with Crippen LogP contribution in [0.5, 0.6) is 0 Å². The molecule has 2 heterocycles. The van der Waals surface area contributed by atoms with E-state index in [0.717, 1.165) is 36.8 Å². The minimum atomic E-state index is -0.374. The Hall–Kier alpha value is -1.68. The highest BCUT2D eigenvalue weighted by molar-refractivity contribution is 6.52. The lowest BCUT2D eigenvalue weighted by atomic mass is 9.99. The molecule has 0 saturated carbocycles. The molecule has 0 N–H and O–H groups in total. The first-order chi connectivity index (χ1) is 10.1. The standard InChI is InChI=1S/C17H22N2O2/c1-12-5-7-18(8-6-12)9-10-19-15-4-3-13(2)11-14(15)16(20)17(19)21/h3-4,11-12H,5-10H2,1-2H3. The highest BCUT2D eigenvalue weighted by Crippen LogP contribution is 2.29. The Morgan fingerprint density at radius 1 is 1.14 bits per heavy atom. The Labute approximate surface area is 125 Å². The summed E-state index contributed by atoms with van der Waals surface area (Å²) in [5.41, 5.74) is 2.36. The number of benzene rings is 1. The van der Waals surface area contributed by atoms with Crippen LogP contribution in [-0.4, -0.2) is 42.8 Å². The first-order valence-electron chi connectivity index (χ1n) is 7.75. The van der Waals surface area contributed by atoms with Crippen LogP contribution in [0.25, 0.3) is 0 Å². The SMILES string of the molecule is Cc1ccc2c(c1)C(=O)C(=O)N2CCN1CCC(C)CC1. The number of ketones is 1. The highest BCUT2D eigenvalue weighted by atomic mass is 16.2. The van der Waals surface area contributed by atoms with E-state index in [0.29, 0.717) is 12.1 Å². The fraction of sp³-hybridized carbons (Fsp3) is 0.529. The number of Topliss-reactive ketones (excluding diaryl/α,β-unsaturated/α-hetero) is 1. The zero-order valence-corrected chi connectivity index (χ0v) is 12.8. The van der Waals surface area contributed by atoms with Gasteiger partial charge >= 0.3 is 0 Å². The number of likely N-dealkylation sites (tertiary alicyclic amines) is 1. The van der Waals surface area contributed by atoms with Crippen LogP contribution in [0.3, 0.4) is 0 Å². The molecule has 0 spiro atoms. The molecule has 21 heavy (non-hydrogen) atoms. The molecule has 3 rings (SSSR count). The van der Waals surface area contributed by atoms with Gasteiger partial charge in [0.1, 0.15) is 0 Å². The summed E-state index contributed by atoms with van der Waals surface area (Å²) in [4.78, 5) is 28.2. The molecular formula is C17H22N2O2. The molecule has 112 valence electrons. The fourth-order valence-corrected chi connectivity index (χ4v) is 3.16.